The largest absolute Gasteiger partial charge is 0.237 e. The molecule has 0 amide bonds. The maximum absolute atomic E-state index is 8.70. The van der Waals surface area contributed by atoms with Gasteiger partial charge in [0.05, 0.1) is 22.3 Å². The van der Waals surface area contributed by atoms with Crippen molar-refractivity contribution in [2.24, 2.45) is 0 Å². The van der Waals surface area contributed by atoms with Crippen LogP contribution >= 0.6 is 15.9 Å². The molecule has 0 aliphatic carbocycles. The minimum absolute atomic E-state index is 0.571. The third-order valence-electron chi connectivity index (χ3n) is 1.66. The molecule has 14 heavy (non-hydrogen) atoms. The number of rotatable bonds is 1. The van der Waals surface area contributed by atoms with Crippen LogP contribution < -0.4 is 0 Å². The van der Waals surface area contributed by atoms with E-state index in [0.29, 0.717) is 11.4 Å². The molecule has 2 rings (SSSR count). The van der Waals surface area contributed by atoms with Gasteiger partial charge >= 0.3 is 0 Å². The minimum atomic E-state index is 0.571. The van der Waals surface area contributed by atoms with Crippen molar-refractivity contribution in [3.63, 3.8) is 0 Å². The summed E-state index contributed by atoms with van der Waals surface area (Å²) in [4.78, 5) is 4.10. The minimum Gasteiger partial charge on any atom is -0.237 e. The third kappa shape index (κ3) is 1.65. The second-order valence-corrected chi connectivity index (χ2v) is 3.53. The fraction of sp³-hybridized carbons (Fsp3) is 0. The molecular weight excluding hydrogens is 244 g/mol. The molecular formula is C9H5BrN4. The van der Waals surface area contributed by atoms with Crippen LogP contribution in [0.25, 0.3) is 5.82 Å². The topological polar surface area (TPSA) is 54.5 Å². The first kappa shape index (κ1) is 8.91. The molecule has 0 saturated carbocycles. The summed E-state index contributed by atoms with van der Waals surface area (Å²) in [5.74, 6) is 0.634. The first-order valence-corrected chi connectivity index (χ1v) is 4.65. The first-order valence-electron chi connectivity index (χ1n) is 3.86. The molecule has 2 heterocycles. The van der Waals surface area contributed by atoms with E-state index < -0.39 is 0 Å². The summed E-state index contributed by atoms with van der Waals surface area (Å²) in [5, 5.41) is 12.8. The van der Waals surface area contributed by atoms with Crippen molar-refractivity contribution >= 4 is 15.9 Å². The number of aromatic nitrogens is 3. The van der Waals surface area contributed by atoms with Crippen LogP contribution in [-0.4, -0.2) is 14.8 Å². The van der Waals surface area contributed by atoms with E-state index in [2.05, 4.69) is 32.1 Å². The maximum atomic E-state index is 8.70. The van der Waals surface area contributed by atoms with Gasteiger partial charge in [-0.2, -0.15) is 10.4 Å². The second-order valence-electron chi connectivity index (χ2n) is 2.62. The van der Waals surface area contributed by atoms with E-state index in [9.17, 15) is 0 Å². The van der Waals surface area contributed by atoms with Gasteiger partial charge in [0.15, 0.2) is 5.82 Å². The third-order valence-corrected chi connectivity index (χ3v) is 2.07. The lowest BCUT2D eigenvalue weighted by Gasteiger charge is -1.98. The number of hydrogen-bond acceptors (Lipinski definition) is 3. The van der Waals surface area contributed by atoms with Crippen LogP contribution in [0, 0.1) is 11.3 Å². The van der Waals surface area contributed by atoms with E-state index in [-0.39, 0.29) is 0 Å². The van der Waals surface area contributed by atoms with E-state index in [1.807, 2.05) is 0 Å². The van der Waals surface area contributed by atoms with Crippen molar-refractivity contribution in [2.75, 3.05) is 0 Å². The van der Waals surface area contributed by atoms with Crippen LogP contribution in [0.4, 0.5) is 0 Å². The lowest BCUT2D eigenvalue weighted by atomic mass is 10.3. The van der Waals surface area contributed by atoms with Crippen LogP contribution in [0.5, 0.6) is 0 Å². The molecule has 0 fully saturated rings. The van der Waals surface area contributed by atoms with Crippen LogP contribution in [0.15, 0.2) is 35.2 Å². The number of nitrogens with zero attached hydrogens (tertiary/aromatic N) is 4. The highest BCUT2D eigenvalue weighted by Crippen LogP contribution is 2.11. The van der Waals surface area contributed by atoms with E-state index in [0.717, 1.165) is 4.47 Å². The summed E-state index contributed by atoms with van der Waals surface area (Å²) in [6.45, 7) is 0. The van der Waals surface area contributed by atoms with Gasteiger partial charge in [-0.15, -0.1) is 0 Å². The summed E-state index contributed by atoms with van der Waals surface area (Å²) < 4.78 is 2.48. The summed E-state index contributed by atoms with van der Waals surface area (Å²) in [6.07, 6.45) is 5.04. The molecule has 0 aliphatic rings. The zero-order valence-corrected chi connectivity index (χ0v) is 8.64. The quantitative estimate of drug-likeness (QED) is 0.775. The standard InChI is InChI=1S/C9H5BrN4/c10-8-5-13-14(6-8)9-3-7(4-11)1-2-12-9/h1-3,5-6H. The molecule has 5 heteroatoms. The van der Waals surface area contributed by atoms with Crippen molar-refractivity contribution in [1.82, 2.24) is 14.8 Å². The Morgan fingerprint density at radius 3 is 3.00 bits per heavy atom. The zero-order valence-electron chi connectivity index (χ0n) is 7.05. The Morgan fingerprint density at radius 2 is 2.36 bits per heavy atom. The summed E-state index contributed by atoms with van der Waals surface area (Å²) in [5.41, 5.74) is 0.571. The average Bonchev–Trinajstić information content (AvgIpc) is 2.65. The second kappa shape index (κ2) is 3.60. The Bertz CT molecular complexity index is 498. The van der Waals surface area contributed by atoms with Gasteiger partial charge in [0, 0.05) is 18.5 Å². The predicted octanol–water partition coefficient (Wildman–Crippen LogP) is 1.90. The Morgan fingerprint density at radius 1 is 1.50 bits per heavy atom. The van der Waals surface area contributed by atoms with Crippen LogP contribution in [0.2, 0.25) is 0 Å². The van der Waals surface area contributed by atoms with Gasteiger partial charge in [-0.05, 0) is 22.0 Å². The summed E-state index contributed by atoms with van der Waals surface area (Å²) in [6, 6.07) is 5.39. The van der Waals surface area contributed by atoms with Crippen molar-refractivity contribution in [3.8, 4) is 11.9 Å². The van der Waals surface area contributed by atoms with Crippen LogP contribution in [-0.2, 0) is 0 Å². The molecule has 2 aromatic rings. The molecule has 0 bridgehead atoms. The van der Waals surface area contributed by atoms with Crippen LogP contribution in [0.3, 0.4) is 0 Å². The molecule has 0 radical (unpaired) electrons. The normalized spacial score (nSPS) is 9.71. The van der Waals surface area contributed by atoms with Gasteiger partial charge in [0.25, 0.3) is 0 Å². The fourth-order valence-electron chi connectivity index (χ4n) is 1.04. The predicted molar refractivity (Wildman–Crippen MR) is 53.8 cm³/mol. The molecule has 0 aliphatic heterocycles. The molecule has 0 unspecified atom stereocenters. The van der Waals surface area contributed by atoms with Crippen molar-refractivity contribution in [1.29, 1.82) is 5.26 Å². The Kier molecular flexibility index (Phi) is 2.29. The number of hydrogen-bond donors (Lipinski definition) is 0. The van der Waals surface area contributed by atoms with Gasteiger partial charge in [-0.3, -0.25) is 0 Å². The van der Waals surface area contributed by atoms with Gasteiger partial charge in [0.2, 0.25) is 0 Å². The Labute approximate surface area is 88.9 Å². The fourth-order valence-corrected chi connectivity index (χ4v) is 1.32. The van der Waals surface area contributed by atoms with E-state index in [1.165, 1.54) is 0 Å². The van der Waals surface area contributed by atoms with E-state index in [1.54, 1.807) is 35.4 Å². The smallest absolute Gasteiger partial charge is 0.154 e. The lowest BCUT2D eigenvalue weighted by Crippen LogP contribution is -1.97. The highest BCUT2D eigenvalue weighted by molar-refractivity contribution is 9.10. The molecule has 68 valence electrons. The van der Waals surface area contributed by atoms with Crippen molar-refractivity contribution in [3.05, 3.63) is 40.8 Å². The highest BCUT2D eigenvalue weighted by Gasteiger charge is 2.00. The zero-order chi connectivity index (χ0) is 9.97. The number of halogens is 1. The highest BCUT2D eigenvalue weighted by atomic mass is 79.9. The first-order chi connectivity index (χ1) is 6.79. The molecule has 4 nitrogen and oxygen atoms in total. The van der Waals surface area contributed by atoms with Gasteiger partial charge in [-0.25, -0.2) is 9.67 Å². The summed E-state index contributed by atoms with van der Waals surface area (Å²) >= 11 is 3.29. The Balaban J connectivity index is 2.47. The molecule has 0 atom stereocenters. The van der Waals surface area contributed by atoms with Crippen molar-refractivity contribution < 1.29 is 0 Å². The molecule has 0 spiro atoms. The van der Waals surface area contributed by atoms with Gasteiger partial charge < -0.3 is 0 Å². The number of pyridine rings is 1. The molecule has 0 N–H and O–H groups in total. The lowest BCUT2D eigenvalue weighted by molar-refractivity contribution is 0.846. The van der Waals surface area contributed by atoms with Crippen molar-refractivity contribution in [2.45, 2.75) is 0 Å². The Hall–Kier alpha value is -1.67. The summed E-state index contributed by atoms with van der Waals surface area (Å²) in [7, 11) is 0. The molecule has 0 aromatic carbocycles. The maximum Gasteiger partial charge on any atom is 0.154 e. The SMILES string of the molecule is N#Cc1ccnc(-n2cc(Br)cn2)c1. The van der Waals surface area contributed by atoms with Gasteiger partial charge in [0.1, 0.15) is 0 Å². The molecule has 2 aromatic heterocycles. The van der Waals surface area contributed by atoms with Gasteiger partial charge in [-0.1, -0.05) is 0 Å². The monoisotopic (exact) mass is 248 g/mol. The van der Waals surface area contributed by atoms with Crippen LogP contribution in [0.1, 0.15) is 5.56 Å². The average molecular weight is 249 g/mol. The molecule has 0 saturated heterocycles. The van der Waals surface area contributed by atoms with E-state index in [4.69, 9.17) is 5.26 Å². The number of nitriles is 1. The van der Waals surface area contributed by atoms with E-state index >= 15 is 0 Å².